The van der Waals surface area contributed by atoms with E-state index in [2.05, 4.69) is 32.8 Å². The number of aromatic nitrogens is 2. The first-order valence-electron chi connectivity index (χ1n) is 13.7. The quantitative estimate of drug-likeness (QED) is 0.198. The molecule has 2 aliphatic rings. The van der Waals surface area contributed by atoms with Crippen LogP contribution >= 0.6 is 0 Å². The number of benzene rings is 1. The van der Waals surface area contributed by atoms with E-state index in [1.54, 1.807) is 37.4 Å². The van der Waals surface area contributed by atoms with Crippen molar-refractivity contribution in [1.82, 2.24) is 15.3 Å². The second-order valence-corrected chi connectivity index (χ2v) is 11.1. The zero-order chi connectivity index (χ0) is 28.3. The van der Waals surface area contributed by atoms with Crippen LogP contribution in [0.25, 0.3) is 22.4 Å². The van der Waals surface area contributed by atoms with Crippen molar-refractivity contribution in [3.8, 4) is 28.3 Å². The molecule has 2 aliphatic carbocycles. The normalized spacial score (nSPS) is 16.3. The summed E-state index contributed by atoms with van der Waals surface area (Å²) >= 11 is 0. The number of anilines is 2. The topological polar surface area (TPSA) is 129 Å². The summed E-state index contributed by atoms with van der Waals surface area (Å²) in [7, 11) is 0. The Morgan fingerprint density at radius 1 is 1.20 bits per heavy atom. The molecule has 2 saturated carbocycles. The molecule has 3 aromatic rings. The number of hydrogen-bond donors (Lipinski definition) is 5. The summed E-state index contributed by atoms with van der Waals surface area (Å²) in [4.78, 5) is 21.1. The number of carbonyl (C=O) groups excluding carboxylic acids is 1. The van der Waals surface area contributed by atoms with E-state index in [1.807, 2.05) is 6.07 Å². The minimum Gasteiger partial charge on any atom is -0.475 e. The minimum atomic E-state index is -1.11. The molecule has 1 atom stereocenters. The van der Waals surface area contributed by atoms with Gasteiger partial charge in [0.15, 0.2) is 6.35 Å². The first kappa shape index (κ1) is 27.9. The summed E-state index contributed by atoms with van der Waals surface area (Å²) < 4.78 is 20.6. The van der Waals surface area contributed by atoms with Crippen molar-refractivity contribution in [1.29, 1.82) is 0 Å². The largest absolute Gasteiger partial charge is 0.475 e. The van der Waals surface area contributed by atoms with Crippen LogP contribution in [0.15, 0.2) is 42.6 Å². The van der Waals surface area contributed by atoms with Gasteiger partial charge in [0.25, 0.3) is 0 Å². The first-order valence-corrected chi connectivity index (χ1v) is 13.7. The van der Waals surface area contributed by atoms with Crippen LogP contribution in [0.3, 0.4) is 0 Å². The second-order valence-electron chi connectivity index (χ2n) is 11.1. The molecule has 2 aromatic heterocycles. The Balaban J connectivity index is 1.41. The van der Waals surface area contributed by atoms with Crippen molar-refractivity contribution < 1.29 is 24.1 Å². The molecule has 1 unspecified atom stereocenters. The Morgan fingerprint density at radius 3 is 2.73 bits per heavy atom. The van der Waals surface area contributed by atoms with E-state index >= 15 is 0 Å². The van der Waals surface area contributed by atoms with Crippen LogP contribution in [0.1, 0.15) is 44.6 Å². The zero-order valence-electron chi connectivity index (χ0n) is 22.8. The van der Waals surface area contributed by atoms with Gasteiger partial charge in [0.1, 0.15) is 18.2 Å². The lowest BCUT2D eigenvalue weighted by molar-refractivity contribution is -0.117. The third-order valence-corrected chi connectivity index (χ3v) is 7.49. The lowest BCUT2D eigenvalue weighted by Gasteiger charge is -2.19. The van der Waals surface area contributed by atoms with Crippen molar-refractivity contribution in [3.05, 3.63) is 54.0 Å². The Hall–Kier alpha value is -3.60. The maximum absolute atomic E-state index is 14.9. The van der Waals surface area contributed by atoms with Gasteiger partial charge in [0.05, 0.1) is 18.0 Å². The third kappa shape index (κ3) is 7.12. The van der Waals surface area contributed by atoms with E-state index in [0.717, 1.165) is 24.8 Å². The maximum atomic E-state index is 14.9. The molecule has 0 bridgehead atoms. The highest BCUT2D eigenvalue weighted by atomic mass is 19.1. The molecule has 2 heterocycles. The number of aryl methyl sites for hydroxylation is 1. The zero-order valence-corrected chi connectivity index (χ0v) is 22.8. The molecule has 0 radical (unpaired) electrons. The molecule has 2 fully saturated rings. The van der Waals surface area contributed by atoms with Crippen LogP contribution in [0, 0.1) is 24.1 Å². The number of nitrogens with one attached hydrogen (secondary N) is 3. The van der Waals surface area contributed by atoms with Gasteiger partial charge in [-0.3, -0.25) is 10.1 Å². The van der Waals surface area contributed by atoms with E-state index in [4.69, 9.17) is 4.74 Å². The molecular weight excluding hydrogens is 513 g/mol. The molecule has 0 aliphatic heterocycles. The predicted octanol–water partition coefficient (Wildman–Crippen LogP) is 4.45. The highest BCUT2D eigenvalue weighted by Gasteiger charge is 2.36. The number of carbonyl (C=O) groups is 1. The fourth-order valence-corrected chi connectivity index (χ4v) is 4.53. The van der Waals surface area contributed by atoms with Gasteiger partial charge in [-0.15, -0.1) is 0 Å². The average Bonchev–Trinajstić information content (AvgIpc) is 3.86. The molecule has 1 aromatic carbocycles. The van der Waals surface area contributed by atoms with Crippen LogP contribution in [-0.2, 0) is 4.79 Å². The van der Waals surface area contributed by atoms with Crippen molar-refractivity contribution >= 4 is 17.4 Å². The maximum Gasteiger partial charge on any atom is 0.228 e. The van der Waals surface area contributed by atoms with E-state index < -0.39 is 12.2 Å². The highest BCUT2D eigenvalue weighted by molar-refractivity contribution is 5.93. The highest BCUT2D eigenvalue weighted by Crippen LogP contribution is 2.47. The Labute approximate surface area is 233 Å². The second kappa shape index (κ2) is 11.9. The first-order chi connectivity index (χ1) is 19.2. The van der Waals surface area contributed by atoms with E-state index in [0.29, 0.717) is 40.2 Å². The lowest BCUT2D eigenvalue weighted by atomic mass is 9.98. The number of ether oxygens (including phenoxy) is 1. The van der Waals surface area contributed by atoms with Crippen LogP contribution in [0.5, 0.6) is 5.88 Å². The van der Waals surface area contributed by atoms with Gasteiger partial charge < -0.3 is 25.6 Å². The molecule has 1 amide bonds. The summed E-state index contributed by atoms with van der Waals surface area (Å²) in [6.07, 6.45) is 5.62. The molecule has 0 saturated heterocycles. The number of aliphatic hydroxyl groups excluding tert-OH is 2. The number of amides is 1. The van der Waals surface area contributed by atoms with Crippen LogP contribution in [0.2, 0.25) is 0 Å². The summed E-state index contributed by atoms with van der Waals surface area (Å²) in [5.41, 5.74) is 3.89. The summed E-state index contributed by atoms with van der Waals surface area (Å²) in [5.74, 6) is 0.243. The fourth-order valence-electron chi connectivity index (χ4n) is 4.53. The van der Waals surface area contributed by atoms with Crippen molar-refractivity contribution in [2.75, 3.05) is 30.4 Å². The van der Waals surface area contributed by atoms with E-state index in [9.17, 15) is 19.4 Å². The van der Waals surface area contributed by atoms with E-state index in [1.165, 1.54) is 18.9 Å². The van der Waals surface area contributed by atoms with Crippen molar-refractivity contribution in [2.45, 2.75) is 52.3 Å². The molecule has 9 nitrogen and oxygen atoms in total. The monoisotopic (exact) mass is 549 g/mol. The fraction of sp³-hybridized carbons (Fsp3) is 0.433. The van der Waals surface area contributed by atoms with Gasteiger partial charge in [-0.1, -0.05) is 6.92 Å². The third-order valence-electron chi connectivity index (χ3n) is 7.49. The summed E-state index contributed by atoms with van der Waals surface area (Å²) in [6.45, 7) is 4.53. The van der Waals surface area contributed by atoms with Crippen LogP contribution < -0.4 is 20.7 Å². The van der Waals surface area contributed by atoms with Crippen LogP contribution in [-0.4, -0.2) is 52.2 Å². The Bertz CT molecular complexity index is 1380. The van der Waals surface area contributed by atoms with E-state index in [-0.39, 0.29) is 36.6 Å². The number of nitrogens with zero attached hydrogens (tertiary/aromatic N) is 2. The number of aliphatic hydroxyl groups is 2. The summed E-state index contributed by atoms with van der Waals surface area (Å²) in [6, 6.07) is 10.2. The predicted molar refractivity (Wildman–Crippen MR) is 151 cm³/mol. The number of hydrogen-bond acceptors (Lipinski definition) is 8. The average molecular weight is 550 g/mol. The van der Waals surface area contributed by atoms with Gasteiger partial charge >= 0.3 is 0 Å². The number of pyridine rings is 2. The lowest BCUT2D eigenvalue weighted by Crippen LogP contribution is -2.37. The minimum absolute atomic E-state index is 0.0429. The molecular formula is C30H36FN5O4. The van der Waals surface area contributed by atoms with Crippen molar-refractivity contribution in [2.24, 2.45) is 11.3 Å². The van der Waals surface area contributed by atoms with Gasteiger partial charge in [-0.2, -0.15) is 0 Å². The van der Waals surface area contributed by atoms with Crippen molar-refractivity contribution in [3.63, 3.8) is 0 Å². The molecule has 40 heavy (non-hydrogen) atoms. The van der Waals surface area contributed by atoms with Gasteiger partial charge in [0.2, 0.25) is 11.8 Å². The molecule has 212 valence electrons. The van der Waals surface area contributed by atoms with Gasteiger partial charge in [0, 0.05) is 23.7 Å². The number of halogens is 1. The summed E-state index contributed by atoms with van der Waals surface area (Å²) in [5, 5.41) is 28.4. The molecule has 10 heteroatoms. The van der Waals surface area contributed by atoms with Crippen LogP contribution in [0.4, 0.5) is 15.9 Å². The Kier molecular flexibility index (Phi) is 8.30. The molecule has 0 spiro atoms. The van der Waals surface area contributed by atoms with Gasteiger partial charge in [-0.05, 0) is 98.0 Å². The van der Waals surface area contributed by atoms with Gasteiger partial charge in [-0.25, -0.2) is 14.4 Å². The number of rotatable bonds is 13. The molecule has 5 N–H and O–H groups in total. The Morgan fingerprint density at radius 2 is 2.00 bits per heavy atom. The molecule has 5 rings (SSSR count). The SMILES string of the molecule is Cc1cc(F)c(NC(O)NCCC2(C)CC2)cc1-c1cc(OCCO)nc(-c2ccnc(NC(=O)C3CC3)c2)c1. The smallest absolute Gasteiger partial charge is 0.228 e. The standard InChI is InChI=1S/C30H36FN5O4/c1-18-13-23(31)25(35-29(39)33-10-8-30(2)6-7-30)17-22(18)21-14-24(34-27(16-21)40-12-11-37)20-5-9-32-26(15-20)36-28(38)19-3-4-19/h5,9,13-17,19,29,33,35,37,39H,3-4,6-8,10-12H2,1-2H3,(H,32,36,38).